The lowest BCUT2D eigenvalue weighted by Gasteiger charge is -2.26. The minimum absolute atomic E-state index is 0.0436. The number of fused-ring (bicyclic) bond motifs is 1. The summed E-state index contributed by atoms with van der Waals surface area (Å²) < 4.78 is 33.4. The van der Waals surface area contributed by atoms with Crippen molar-refractivity contribution in [2.45, 2.75) is 19.0 Å². The summed E-state index contributed by atoms with van der Waals surface area (Å²) in [4.78, 5) is 4.35. The highest BCUT2D eigenvalue weighted by Crippen LogP contribution is 2.31. The van der Waals surface area contributed by atoms with Gasteiger partial charge in [0.25, 0.3) is 0 Å². The van der Waals surface area contributed by atoms with Gasteiger partial charge in [-0.05, 0) is 24.3 Å². The predicted octanol–water partition coefficient (Wildman–Crippen LogP) is 4.64. The van der Waals surface area contributed by atoms with E-state index < -0.39 is 11.6 Å². The van der Waals surface area contributed by atoms with Gasteiger partial charge in [0.15, 0.2) is 0 Å². The number of aromatic nitrogens is 1. The van der Waals surface area contributed by atoms with Crippen molar-refractivity contribution >= 4 is 0 Å². The van der Waals surface area contributed by atoms with E-state index in [0.29, 0.717) is 18.7 Å². The maximum atomic E-state index is 13.9. The minimum Gasteiger partial charge on any atom is -0.493 e. The summed E-state index contributed by atoms with van der Waals surface area (Å²) in [7, 11) is 0. The standard InChI is InChI=1S/C21H18F2N2O/c22-17-5-3-6-18(23)21(17)14-8-9-15(24-12-14)13-25-19-10-11-26-20-7-2-1-4-16(19)20/h1-9,12,19,25H,10-11,13H2. The summed E-state index contributed by atoms with van der Waals surface area (Å²) in [6.45, 7) is 1.24. The second-order valence-corrected chi connectivity index (χ2v) is 6.24. The Morgan fingerprint density at radius 1 is 1.00 bits per heavy atom. The lowest BCUT2D eigenvalue weighted by molar-refractivity contribution is 0.252. The summed E-state index contributed by atoms with van der Waals surface area (Å²) in [5, 5.41) is 3.49. The molecule has 3 aromatic rings. The van der Waals surface area contributed by atoms with Crippen LogP contribution in [0.5, 0.6) is 5.75 Å². The Labute approximate surface area is 150 Å². The quantitative estimate of drug-likeness (QED) is 0.743. The van der Waals surface area contributed by atoms with Crippen molar-refractivity contribution in [2.24, 2.45) is 0 Å². The maximum Gasteiger partial charge on any atom is 0.134 e. The fourth-order valence-electron chi connectivity index (χ4n) is 3.23. The molecule has 26 heavy (non-hydrogen) atoms. The first-order chi connectivity index (χ1) is 12.7. The highest BCUT2D eigenvalue weighted by molar-refractivity contribution is 5.63. The molecule has 2 heterocycles. The fourth-order valence-corrected chi connectivity index (χ4v) is 3.23. The van der Waals surface area contributed by atoms with Gasteiger partial charge in [-0.15, -0.1) is 0 Å². The van der Waals surface area contributed by atoms with Crippen molar-refractivity contribution in [3.63, 3.8) is 0 Å². The number of para-hydroxylation sites is 1. The number of benzene rings is 2. The third-order valence-electron chi connectivity index (χ3n) is 4.56. The second-order valence-electron chi connectivity index (χ2n) is 6.24. The fraction of sp³-hybridized carbons (Fsp3) is 0.190. The summed E-state index contributed by atoms with van der Waals surface area (Å²) in [6.07, 6.45) is 2.39. The summed E-state index contributed by atoms with van der Waals surface area (Å²) in [5.74, 6) is -0.262. The Morgan fingerprint density at radius 2 is 1.81 bits per heavy atom. The molecular weight excluding hydrogens is 334 g/mol. The summed E-state index contributed by atoms with van der Waals surface area (Å²) in [5.41, 5.74) is 2.34. The van der Waals surface area contributed by atoms with Crippen LogP contribution < -0.4 is 10.1 Å². The average molecular weight is 352 g/mol. The number of rotatable bonds is 4. The number of ether oxygens (including phenoxy) is 1. The van der Waals surface area contributed by atoms with Gasteiger partial charge >= 0.3 is 0 Å². The molecule has 0 radical (unpaired) electrons. The van der Waals surface area contributed by atoms with Crippen molar-refractivity contribution in [3.8, 4) is 16.9 Å². The van der Waals surface area contributed by atoms with Gasteiger partial charge in [-0.2, -0.15) is 0 Å². The van der Waals surface area contributed by atoms with Crippen LogP contribution in [0.15, 0.2) is 60.8 Å². The van der Waals surface area contributed by atoms with Crippen LogP contribution in [0.25, 0.3) is 11.1 Å². The number of hydrogen-bond acceptors (Lipinski definition) is 3. The molecule has 2 aromatic carbocycles. The molecule has 1 unspecified atom stereocenters. The molecule has 0 fully saturated rings. The van der Waals surface area contributed by atoms with Crippen LogP contribution in [0, 0.1) is 11.6 Å². The van der Waals surface area contributed by atoms with Gasteiger partial charge in [-0.1, -0.05) is 30.3 Å². The molecule has 132 valence electrons. The van der Waals surface area contributed by atoms with Gasteiger partial charge < -0.3 is 10.1 Å². The van der Waals surface area contributed by atoms with E-state index in [1.807, 2.05) is 18.2 Å². The Balaban J connectivity index is 1.48. The zero-order chi connectivity index (χ0) is 17.9. The third kappa shape index (κ3) is 3.30. The van der Waals surface area contributed by atoms with Gasteiger partial charge in [-0.25, -0.2) is 8.78 Å². The molecule has 0 spiro atoms. The Hall–Kier alpha value is -2.79. The predicted molar refractivity (Wildman–Crippen MR) is 95.7 cm³/mol. The molecule has 1 aromatic heterocycles. The first kappa shape index (κ1) is 16.7. The molecule has 3 nitrogen and oxygen atoms in total. The van der Waals surface area contributed by atoms with Crippen LogP contribution >= 0.6 is 0 Å². The van der Waals surface area contributed by atoms with Crippen LogP contribution in [0.3, 0.4) is 0 Å². The first-order valence-electron chi connectivity index (χ1n) is 8.57. The summed E-state index contributed by atoms with van der Waals surface area (Å²) in [6, 6.07) is 15.5. The molecule has 4 rings (SSSR count). The third-order valence-corrected chi connectivity index (χ3v) is 4.56. The molecule has 0 amide bonds. The molecule has 1 atom stereocenters. The van der Waals surface area contributed by atoms with E-state index in [4.69, 9.17) is 4.74 Å². The van der Waals surface area contributed by atoms with Crippen molar-refractivity contribution in [1.82, 2.24) is 10.3 Å². The number of nitrogens with one attached hydrogen (secondary N) is 1. The molecule has 5 heteroatoms. The minimum atomic E-state index is -0.587. The van der Waals surface area contributed by atoms with Crippen LogP contribution in [0.2, 0.25) is 0 Å². The van der Waals surface area contributed by atoms with Gasteiger partial charge in [0.1, 0.15) is 17.4 Å². The zero-order valence-electron chi connectivity index (χ0n) is 14.1. The largest absolute Gasteiger partial charge is 0.493 e. The Kier molecular flexibility index (Phi) is 4.63. The van der Waals surface area contributed by atoms with Crippen molar-refractivity contribution < 1.29 is 13.5 Å². The van der Waals surface area contributed by atoms with E-state index in [0.717, 1.165) is 23.4 Å². The summed E-state index contributed by atoms with van der Waals surface area (Å²) >= 11 is 0. The molecule has 0 bridgehead atoms. The van der Waals surface area contributed by atoms with Gasteiger partial charge in [0, 0.05) is 36.3 Å². The van der Waals surface area contributed by atoms with E-state index >= 15 is 0 Å². The number of hydrogen-bond donors (Lipinski definition) is 1. The smallest absolute Gasteiger partial charge is 0.134 e. The van der Waals surface area contributed by atoms with Crippen molar-refractivity contribution in [2.75, 3.05) is 6.61 Å². The van der Waals surface area contributed by atoms with E-state index in [2.05, 4.69) is 16.4 Å². The molecule has 0 saturated heterocycles. The topological polar surface area (TPSA) is 34.1 Å². The number of nitrogens with zero attached hydrogens (tertiary/aromatic N) is 1. The van der Waals surface area contributed by atoms with Gasteiger partial charge in [0.2, 0.25) is 0 Å². The molecule has 1 aliphatic rings. The number of pyridine rings is 1. The average Bonchev–Trinajstić information content (AvgIpc) is 2.67. The molecule has 0 saturated carbocycles. The molecule has 1 N–H and O–H groups in total. The Bertz CT molecular complexity index is 892. The van der Waals surface area contributed by atoms with E-state index in [-0.39, 0.29) is 11.6 Å². The second kappa shape index (κ2) is 7.22. The molecule has 1 aliphatic heterocycles. The van der Waals surface area contributed by atoms with E-state index in [1.165, 1.54) is 24.4 Å². The van der Waals surface area contributed by atoms with Gasteiger partial charge in [-0.3, -0.25) is 4.98 Å². The first-order valence-corrected chi connectivity index (χ1v) is 8.57. The highest BCUT2D eigenvalue weighted by atomic mass is 19.1. The van der Waals surface area contributed by atoms with Crippen molar-refractivity contribution in [3.05, 3.63) is 83.7 Å². The highest BCUT2D eigenvalue weighted by Gasteiger charge is 2.20. The molecular formula is C21H18F2N2O. The van der Waals surface area contributed by atoms with E-state index in [1.54, 1.807) is 12.1 Å². The maximum absolute atomic E-state index is 13.9. The van der Waals surface area contributed by atoms with Gasteiger partial charge in [0.05, 0.1) is 17.9 Å². The number of halogens is 2. The molecule has 0 aliphatic carbocycles. The lowest BCUT2D eigenvalue weighted by atomic mass is 10.0. The monoisotopic (exact) mass is 352 g/mol. The zero-order valence-corrected chi connectivity index (χ0v) is 14.1. The van der Waals surface area contributed by atoms with Crippen LogP contribution in [-0.2, 0) is 6.54 Å². The van der Waals surface area contributed by atoms with Crippen LogP contribution in [0.1, 0.15) is 23.7 Å². The SMILES string of the molecule is Fc1cccc(F)c1-c1ccc(CNC2CCOc3ccccc32)nc1. The normalized spacial score (nSPS) is 16.0. The van der Waals surface area contributed by atoms with E-state index in [9.17, 15) is 8.78 Å². The van der Waals surface area contributed by atoms with Crippen LogP contribution in [-0.4, -0.2) is 11.6 Å². The van der Waals surface area contributed by atoms with Crippen molar-refractivity contribution in [1.29, 1.82) is 0 Å². The lowest BCUT2D eigenvalue weighted by Crippen LogP contribution is -2.27. The van der Waals surface area contributed by atoms with Crippen LogP contribution in [0.4, 0.5) is 8.78 Å². The Morgan fingerprint density at radius 3 is 2.58 bits per heavy atom.